The van der Waals surface area contributed by atoms with E-state index in [2.05, 4.69) is 10.4 Å². The third-order valence-corrected chi connectivity index (χ3v) is 3.22. The molecule has 1 heterocycles. The van der Waals surface area contributed by atoms with Gasteiger partial charge >= 0.3 is 6.18 Å². The topological polar surface area (TPSA) is 72.9 Å². The minimum atomic E-state index is -4.42. The summed E-state index contributed by atoms with van der Waals surface area (Å²) in [6.07, 6.45) is -0.304. The van der Waals surface area contributed by atoms with E-state index < -0.39 is 17.8 Å². The lowest BCUT2D eigenvalue weighted by Crippen LogP contribution is -2.35. The molecule has 0 radical (unpaired) electrons. The van der Waals surface area contributed by atoms with Gasteiger partial charge in [-0.05, 0) is 24.6 Å². The molecule has 0 spiro atoms. The van der Waals surface area contributed by atoms with Gasteiger partial charge in [0, 0.05) is 0 Å². The Morgan fingerprint density at radius 1 is 1.42 bits per heavy atom. The molecule has 0 fully saturated rings. The number of carbonyl (C=O) groups is 1. The molecule has 3 N–H and O–H groups in total. The number of nitrogens with zero attached hydrogens (tertiary/aromatic N) is 2. The zero-order valence-corrected chi connectivity index (χ0v) is 13.7. The molecule has 2 aromatic rings. The van der Waals surface area contributed by atoms with Crippen molar-refractivity contribution in [1.29, 1.82) is 0 Å². The van der Waals surface area contributed by atoms with Crippen LogP contribution in [0, 0.1) is 0 Å². The quantitative estimate of drug-likeness (QED) is 0.856. The number of anilines is 1. The summed E-state index contributed by atoms with van der Waals surface area (Å²) in [5.74, 6) is -0.351. The number of nitrogens with two attached hydrogens (primary N) is 1. The van der Waals surface area contributed by atoms with Gasteiger partial charge in [-0.2, -0.15) is 18.3 Å². The molecule has 132 valence electrons. The van der Waals surface area contributed by atoms with Crippen LogP contribution in [0.3, 0.4) is 0 Å². The van der Waals surface area contributed by atoms with E-state index in [-0.39, 0.29) is 24.0 Å². The number of carbonyl (C=O) groups excluding carboxylic acids is 1. The van der Waals surface area contributed by atoms with E-state index in [1.54, 1.807) is 0 Å². The zero-order valence-electron chi connectivity index (χ0n) is 12.9. The highest BCUT2D eigenvalue weighted by molar-refractivity contribution is 5.94. The van der Waals surface area contributed by atoms with Gasteiger partial charge in [0.1, 0.15) is 0 Å². The van der Waals surface area contributed by atoms with Crippen LogP contribution < -0.4 is 11.1 Å². The number of amides is 1. The fourth-order valence-corrected chi connectivity index (χ4v) is 2.03. The third kappa shape index (κ3) is 4.97. The minimum Gasteiger partial charge on any atom is -0.322 e. The number of benzene rings is 1. The van der Waals surface area contributed by atoms with E-state index in [0.717, 1.165) is 18.6 Å². The number of alkyl halides is 3. The van der Waals surface area contributed by atoms with Gasteiger partial charge in [0.15, 0.2) is 0 Å². The SMILES string of the molecule is CCCC(N)C(=O)Nc1cnn(-c2cccc(C(F)(F)F)c2)c1.Cl. The van der Waals surface area contributed by atoms with Gasteiger partial charge in [-0.1, -0.05) is 19.4 Å². The molecule has 9 heteroatoms. The molecule has 0 aliphatic rings. The van der Waals surface area contributed by atoms with Crippen molar-refractivity contribution in [2.24, 2.45) is 5.73 Å². The first-order valence-electron chi connectivity index (χ1n) is 7.10. The number of rotatable bonds is 5. The van der Waals surface area contributed by atoms with Gasteiger partial charge in [0.2, 0.25) is 5.91 Å². The molecule has 1 unspecified atom stereocenters. The Hall–Kier alpha value is -2.06. The van der Waals surface area contributed by atoms with Crippen molar-refractivity contribution in [2.75, 3.05) is 5.32 Å². The van der Waals surface area contributed by atoms with Gasteiger partial charge in [-0.15, -0.1) is 12.4 Å². The smallest absolute Gasteiger partial charge is 0.322 e. The van der Waals surface area contributed by atoms with Crippen molar-refractivity contribution >= 4 is 24.0 Å². The predicted octanol–water partition coefficient (Wildman–Crippen LogP) is 3.38. The molecule has 0 saturated carbocycles. The van der Waals surface area contributed by atoms with Gasteiger partial charge < -0.3 is 11.1 Å². The molecule has 0 bridgehead atoms. The maximum atomic E-state index is 12.7. The summed E-state index contributed by atoms with van der Waals surface area (Å²) in [5.41, 5.74) is 5.56. The van der Waals surface area contributed by atoms with E-state index >= 15 is 0 Å². The Kier molecular flexibility index (Phi) is 6.80. The van der Waals surface area contributed by atoms with E-state index in [4.69, 9.17) is 5.73 Å². The van der Waals surface area contributed by atoms with Crippen molar-refractivity contribution in [1.82, 2.24) is 9.78 Å². The number of hydrogen-bond donors (Lipinski definition) is 2. The fourth-order valence-electron chi connectivity index (χ4n) is 2.03. The minimum absolute atomic E-state index is 0. The summed E-state index contributed by atoms with van der Waals surface area (Å²) < 4.78 is 39.4. The summed E-state index contributed by atoms with van der Waals surface area (Å²) in [7, 11) is 0. The van der Waals surface area contributed by atoms with Crippen LogP contribution in [0.25, 0.3) is 5.69 Å². The molecular formula is C15H18ClF3N4O. The lowest BCUT2D eigenvalue weighted by atomic mass is 10.2. The Morgan fingerprint density at radius 3 is 2.75 bits per heavy atom. The van der Waals surface area contributed by atoms with Crippen molar-refractivity contribution in [3.05, 3.63) is 42.2 Å². The summed E-state index contributed by atoms with van der Waals surface area (Å²) in [4.78, 5) is 11.8. The molecule has 24 heavy (non-hydrogen) atoms. The second-order valence-corrected chi connectivity index (χ2v) is 5.11. The lowest BCUT2D eigenvalue weighted by molar-refractivity contribution is -0.137. The number of aromatic nitrogens is 2. The molecule has 1 aromatic heterocycles. The Labute approximate surface area is 143 Å². The van der Waals surface area contributed by atoms with Crippen LogP contribution >= 0.6 is 12.4 Å². The second-order valence-electron chi connectivity index (χ2n) is 5.11. The molecule has 0 saturated heterocycles. The van der Waals surface area contributed by atoms with Crippen LogP contribution in [0.15, 0.2) is 36.7 Å². The molecular weight excluding hydrogens is 345 g/mol. The third-order valence-electron chi connectivity index (χ3n) is 3.22. The Balaban J connectivity index is 0.00000288. The number of nitrogens with one attached hydrogen (secondary N) is 1. The first-order chi connectivity index (χ1) is 10.8. The lowest BCUT2D eigenvalue weighted by Gasteiger charge is -2.09. The van der Waals surface area contributed by atoms with Gasteiger partial charge in [0.05, 0.1) is 35.4 Å². The average molecular weight is 363 g/mol. The predicted molar refractivity (Wildman–Crippen MR) is 87.3 cm³/mol. The first kappa shape index (κ1) is 20.0. The molecule has 2 rings (SSSR count). The van der Waals surface area contributed by atoms with Crippen LogP contribution in [0.4, 0.5) is 18.9 Å². The summed E-state index contributed by atoms with van der Waals surface area (Å²) in [5, 5.41) is 6.55. The van der Waals surface area contributed by atoms with Gasteiger partial charge in [-0.3, -0.25) is 4.79 Å². The standard InChI is InChI=1S/C15H17F3N4O.ClH/c1-2-4-13(19)14(23)21-11-8-20-22(9-11)12-6-3-5-10(7-12)15(16,17)18;/h3,5-9,13H,2,4,19H2,1H3,(H,21,23);1H. The van der Waals surface area contributed by atoms with E-state index in [1.165, 1.54) is 29.2 Å². The Bertz CT molecular complexity index is 687. The number of halogens is 4. The van der Waals surface area contributed by atoms with Crippen molar-refractivity contribution in [3.63, 3.8) is 0 Å². The fraction of sp³-hybridized carbons (Fsp3) is 0.333. The highest BCUT2D eigenvalue weighted by atomic mass is 35.5. The van der Waals surface area contributed by atoms with E-state index in [9.17, 15) is 18.0 Å². The maximum absolute atomic E-state index is 12.7. The van der Waals surface area contributed by atoms with Crippen molar-refractivity contribution in [2.45, 2.75) is 32.0 Å². The maximum Gasteiger partial charge on any atom is 0.416 e. The molecule has 0 aliphatic carbocycles. The average Bonchev–Trinajstić information content (AvgIpc) is 2.95. The Morgan fingerprint density at radius 2 is 2.12 bits per heavy atom. The first-order valence-corrected chi connectivity index (χ1v) is 7.10. The van der Waals surface area contributed by atoms with Crippen LogP contribution in [-0.4, -0.2) is 21.7 Å². The van der Waals surface area contributed by atoms with Crippen LogP contribution in [0.2, 0.25) is 0 Å². The zero-order chi connectivity index (χ0) is 17.0. The molecule has 1 atom stereocenters. The van der Waals surface area contributed by atoms with E-state index in [1.807, 2.05) is 6.92 Å². The number of hydrogen-bond acceptors (Lipinski definition) is 3. The monoisotopic (exact) mass is 362 g/mol. The van der Waals surface area contributed by atoms with Crippen molar-refractivity contribution < 1.29 is 18.0 Å². The van der Waals surface area contributed by atoms with E-state index in [0.29, 0.717) is 12.1 Å². The van der Waals surface area contributed by atoms with Crippen molar-refractivity contribution in [3.8, 4) is 5.69 Å². The van der Waals surface area contributed by atoms with Crippen LogP contribution in [-0.2, 0) is 11.0 Å². The highest BCUT2D eigenvalue weighted by Gasteiger charge is 2.30. The normalized spacial score (nSPS) is 12.4. The highest BCUT2D eigenvalue weighted by Crippen LogP contribution is 2.30. The van der Waals surface area contributed by atoms with Gasteiger partial charge in [-0.25, -0.2) is 4.68 Å². The molecule has 5 nitrogen and oxygen atoms in total. The molecule has 1 aromatic carbocycles. The molecule has 1 amide bonds. The van der Waals surface area contributed by atoms with Crippen LogP contribution in [0.5, 0.6) is 0 Å². The molecule has 0 aliphatic heterocycles. The largest absolute Gasteiger partial charge is 0.416 e. The summed E-state index contributed by atoms with van der Waals surface area (Å²) in [6, 6.07) is 4.14. The second kappa shape index (κ2) is 8.16. The van der Waals surface area contributed by atoms with Gasteiger partial charge in [0.25, 0.3) is 0 Å². The summed E-state index contributed by atoms with van der Waals surface area (Å²) >= 11 is 0. The van der Waals surface area contributed by atoms with Crippen LogP contribution in [0.1, 0.15) is 25.3 Å². The summed E-state index contributed by atoms with van der Waals surface area (Å²) in [6.45, 7) is 1.92.